The summed E-state index contributed by atoms with van der Waals surface area (Å²) in [5.41, 5.74) is 3.04. The zero-order valence-corrected chi connectivity index (χ0v) is 16.2. The Morgan fingerprint density at radius 1 is 1.31 bits per heavy atom. The van der Waals surface area contributed by atoms with Gasteiger partial charge >= 0.3 is 10.3 Å². The van der Waals surface area contributed by atoms with Crippen molar-refractivity contribution in [2.75, 3.05) is 7.05 Å². The van der Waals surface area contributed by atoms with Gasteiger partial charge in [-0.25, -0.2) is 0 Å². The number of benzene rings is 1. The molecule has 0 bridgehead atoms. The van der Waals surface area contributed by atoms with E-state index in [0.717, 1.165) is 32.1 Å². The largest absolute Gasteiger partial charge is 0.393 e. The Kier molecular flexibility index (Phi) is 3.43. The van der Waals surface area contributed by atoms with Crippen molar-refractivity contribution in [1.82, 2.24) is 4.72 Å². The average Bonchev–Trinajstić information content (AvgIpc) is 3.27. The summed E-state index contributed by atoms with van der Waals surface area (Å²) < 4.78 is 30.6. The molecule has 2 N–H and O–H groups in total. The first-order chi connectivity index (χ1) is 12.3. The number of aliphatic hydroxyl groups is 1. The summed E-state index contributed by atoms with van der Waals surface area (Å²) in [6.07, 6.45) is 6.46. The number of hydrogen-bond acceptors (Lipinski definition) is 4. The van der Waals surface area contributed by atoms with Crippen molar-refractivity contribution in [3.8, 4) is 5.75 Å². The van der Waals surface area contributed by atoms with E-state index in [9.17, 15) is 13.5 Å². The van der Waals surface area contributed by atoms with Crippen molar-refractivity contribution in [2.24, 2.45) is 22.7 Å². The maximum Gasteiger partial charge on any atom is 0.382 e. The van der Waals surface area contributed by atoms with Crippen molar-refractivity contribution < 1.29 is 17.7 Å². The van der Waals surface area contributed by atoms with Crippen LogP contribution in [-0.4, -0.2) is 26.7 Å². The Morgan fingerprint density at radius 2 is 2.12 bits per heavy atom. The Balaban J connectivity index is 1.47. The number of rotatable bonds is 3. The highest BCUT2D eigenvalue weighted by Crippen LogP contribution is 2.81. The smallest absolute Gasteiger partial charge is 0.382 e. The van der Waals surface area contributed by atoms with Gasteiger partial charge in [0, 0.05) is 7.05 Å². The first-order valence-corrected chi connectivity index (χ1v) is 11.2. The second kappa shape index (κ2) is 5.24. The van der Waals surface area contributed by atoms with Crippen LogP contribution in [0.2, 0.25) is 0 Å². The molecule has 1 aromatic carbocycles. The molecule has 3 saturated carbocycles. The SMILES string of the molecule is CNS(=O)(=O)Oc1ccc2c(c1)CCC1C2CC[C@]2(C)[C@@H](O)C[C@@H]3C[C@@]132. The second-order valence-electron chi connectivity index (χ2n) is 9.00. The minimum atomic E-state index is -3.73. The van der Waals surface area contributed by atoms with Crippen molar-refractivity contribution >= 4 is 10.3 Å². The highest BCUT2D eigenvalue weighted by molar-refractivity contribution is 7.85. The van der Waals surface area contributed by atoms with Crippen LogP contribution in [0.3, 0.4) is 0 Å². The maximum absolute atomic E-state index is 11.6. The molecule has 0 heterocycles. The van der Waals surface area contributed by atoms with Crippen molar-refractivity contribution in [1.29, 1.82) is 0 Å². The third kappa shape index (κ3) is 2.06. The number of fused-ring (bicyclic) bond motifs is 3. The number of hydrogen-bond donors (Lipinski definition) is 2. The van der Waals surface area contributed by atoms with Gasteiger partial charge in [-0.15, -0.1) is 0 Å². The molecule has 0 saturated heterocycles. The summed E-state index contributed by atoms with van der Waals surface area (Å²) >= 11 is 0. The Morgan fingerprint density at radius 3 is 2.88 bits per heavy atom. The molecule has 1 spiro atoms. The van der Waals surface area contributed by atoms with E-state index in [4.69, 9.17) is 4.18 Å². The molecule has 0 amide bonds. The zero-order chi connectivity index (χ0) is 18.3. The van der Waals surface area contributed by atoms with Crippen LogP contribution in [0, 0.1) is 22.7 Å². The molecule has 3 fully saturated rings. The fourth-order valence-corrected chi connectivity index (χ4v) is 7.44. The molecule has 5 rings (SSSR count). The van der Waals surface area contributed by atoms with Crippen LogP contribution in [0.25, 0.3) is 0 Å². The summed E-state index contributed by atoms with van der Waals surface area (Å²) in [7, 11) is -2.38. The number of aliphatic hydroxyl groups excluding tert-OH is 1. The monoisotopic (exact) mass is 377 g/mol. The highest BCUT2D eigenvalue weighted by Gasteiger charge is 2.76. The summed E-state index contributed by atoms with van der Waals surface area (Å²) in [5.74, 6) is 2.29. The highest BCUT2D eigenvalue weighted by atomic mass is 32.2. The zero-order valence-electron chi connectivity index (χ0n) is 15.4. The van der Waals surface area contributed by atoms with Crippen LogP contribution >= 0.6 is 0 Å². The topological polar surface area (TPSA) is 75.6 Å². The van der Waals surface area contributed by atoms with Crippen LogP contribution in [0.5, 0.6) is 5.75 Å². The summed E-state index contributed by atoms with van der Waals surface area (Å²) in [5, 5.41) is 10.7. The van der Waals surface area contributed by atoms with Gasteiger partial charge in [0.05, 0.1) is 6.10 Å². The molecule has 0 radical (unpaired) electrons. The average molecular weight is 378 g/mol. The van der Waals surface area contributed by atoms with E-state index >= 15 is 0 Å². The van der Waals surface area contributed by atoms with E-state index in [-0.39, 0.29) is 11.5 Å². The first-order valence-electron chi connectivity index (χ1n) is 9.74. The number of aryl methyl sites for hydroxylation is 1. The fourth-order valence-electron chi connectivity index (χ4n) is 7.00. The lowest BCUT2D eigenvalue weighted by molar-refractivity contribution is -0.0558. The molecule has 6 atom stereocenters. The summed E-state index contributed by atoms with van der Waals surface area (Å²) in [4.78, 5) is 0. The van der Waals surface area contributed by atoms with E-state index in [0.29, 0.717) is 28.9 Å². The Hall–Kier alpha value is -1.11. The first kappa shape index (κ1) is 17.0. The van der Waals surface area contributed by atoms with Gasteiger partial charge in [0.15, 0.2) is 0 Å². The van der Waals surface area contributed by atoms with Crippen LogP contribution in [0.15, 0.2) is 18.2 Å². The van der Waals surface area contributed by atoms with Crippen molar-refractivity contribution in [3.05, 3.63) is 29.3 Å². The minimum absolute atomic E-state index is 0.0975. The molecule has 0 aliphatic heterocycles. The second-order valence-corrected chi connectivity index (χ2v) is 10.5. The fraction of sp³-hybridized carbons (Fsp3) is 0.700. The maximum atomic E-state index is 11.6. The molecule has 142 valence electrons. The number of nitrogens with one attached hydrogen (secondary N) is 1. The van der Waals surface area contributed by atoms with E-state index < -0.39 is 10.3 Å². The predicted octanol–water partition coefficient (Wildman–Crippen LogP) is 2.75. The Labute approximate surface area is 155 Å². The van der Waals surface area contributed by atoms with Gasteiger partial charge in [-0.2, -0.15) is 13.1 Å². The predicted molar refractivity (Wildman–Crippen MR) is 98.1 cm³/mol. The quantitative estimate of drug-likeness (QED) is 0.849. The van der Waals surface area contributed by atoms with E-state index in [2.05, 4.69) is 17.7 Å². The third-order valence-electron chi connectivity index (χ3n) is 8.28. The van der Waals surface area contributed by atoms with Gasteiger partial charge in [-0.05, 0) is 90.4 Å². The van der Waals surface area contributed by atoms with Gasteiger partial charge in [-0.3, -0.25) is 0 Å². The molecule has 2 unspecified atom stereocenters. The van der Waals surface area contributed by atoms with Crippen molar-refractivity contribution in [2.45, 2.75) is 57.5 Å². The van der Waals surface area contributed by atoms with Gasteiger partial charge in [0.1, 0.15) is 5.75 Å². The third-order valence-corrected chi connectivity index (χ3v) is 9.19. The molecule has 0 aromatic heterocycles. The lowest BCUT2D eigenvalue weighted by atomic mass is 9.52. The standard InChI is InChI=1S/C20H27NO4S/c1-19-8-7-16-15-5-4-14(25-26(23,24)21-2)9-12(15)3-6-17(16)20(19)11-13(20)10-18(19)22/h4-5,9,13,16-18,21-22H,3,6-8,10-11H2,1-2H3/t13-,16?,17?,18+,19-,20+/m1/s1. The van der Waals surface area contributed by atoms with E-state index in [1.54, 1.807) is 6.07 Å². The minimum Gasteiger partial charge on any atom is -0.393 e. The lowest BCUT2D eigenvalue weighted by Gasteiger charge is -2.52. The molecule has 26 heavy (non-hydrogen) atoms. The molecule has 6 heteroatoms. The molecule has 4 aliphatic carbocycles. The normalized spacial score (nSPS) is 43.0. The van der Waals surface area contributed by atoms with Crippen LogP contribution in [0.4, 0.5) is 0 Å². The van der Waals surface area contributed by atoms with Crippen LogP contribution < -0.4 is 8.91 Å². The molecular formula is C20H27NO4S. The molecule has 4 aliphatic rings. The van der Waals surface area contributed by atoms with Crippen LogP contribution in [0.1, 0.15) is 56.1 Å². The van der Waals surface area contributed by atoms with Crippen molar-refractivity contribution in [3.63, 3.8) is 0 Å². The summed E-state index contributed by atoms with van der Waals surface area (Å²) in [6, 6.07) is 5.77. The summed E-state index contributed by atoms with van der Waals surface area (Å²) in [6.45, 7) is 2.33. The molecule has 5 nitrogen and oxygen atoms in total. The molecule has 1 aromatic rings. The van der Waals surface area contributed by atoms with Crippen LogP contribution in [-0.2, 0) is 16.7 Å². The van der Waals surface area contributed by atoms with Gasteiger partial charge in [0.2, 0.25) is 0 Å². The van der Waals surface area contributed by atoms with Gasteiger partial charge < -0.3 is 9.29 Å². The van der Waals surface area contributed by atoms with Gasteiger partial charge in [0.25, 0.3) is 0 Å². The molecular weight excluding hydrogens is 350 g/mol. The lowest BCUT2D eigenvalue weighted by Crippen LogP contribution is -2.47. The Bertz CT molecular complexity index is 869. The van der Waals surface area contributed by atoms with E-state index in [1.165, 1.54) is 24.6 Å². The van der Waals surface area contributed by atoms with Gasteiger partial charge in [-0.1, -0.05) is 13.0 Å². The van der Waals surface area contributed by atoms with E-state index in [1.807, 2.05) is 6.07 Å².